The standard InChI is InChI=1S/C19H23FN6O7/c1-12(27)32-13(2)33-19(29)24(11-18(28)25-10-14(20)7-16(25)8-21)6-5-22-17-4-3-15(9-23-17)26(30)31/h3-4,9,13-14,16H,5-7,10-11H2,1-2H3,(H,22,23)/t13-,14-,16-/m0/s1. The monoisotopic (exact) mass is 466 g/mol. The van der Waals surface area contributed by atoms with E-state index in [0.29, 0.717) is 0 Å². The minimum absolute atomic E-state index is 0.0720. The van der Waals surface area contributed by atoms with E-state index in [0.717, 1.165) is 22.9 Å². The number of hydrogen-bond donors (Lipinski definition) is 1. The number of anilines is 1. The highest BCUT2D eigenvalue weighted by Crippen LogP contribution is 2.20. The van der Waals surface area contributed by atoms with Gasteiger partial charge in [0.15, 0.2) is 0 Å². The van der Waals surface area contributed by atoms with Crippen molar-refractivity contribution in [3.05, 3.63) is 28.4 Å². The molecule has 1 aliphatic heterocycles. The molecule has 0 spiro atoms. The molecule has 1 saturated heterocycles. The Balaban J connectivity index is 2.03. The van der Waals surface area contributed by atoms with Crippen LogP contribution in [0.15, 0.2) is 18.3 Å². The number of nitrogens with one attached hydrogen (secondary N) is 1. The lowest BCUT2D eigenvalue weighted by Crippen LogP contribution is -2.46. The molecule has 2 rings (SSSR count). The van der Waals surface area contributed by atoms with Crippen LogP contribution in [0, 0.1) is 21.4 Å². The Kier molecular flexibility index (Phi) is 8.84. The number of hydrogen-bond acceptors (Lipinski definition) is 10. The van der Waals surface area contributed by atoms with E-state index in [-0.39, 0.29) is 37.6 Å². The lowest BCUT2D eigenvalue weighted by molar-refractivity contribution is -0.385. The smallest absolute Gasteiger partial charge is 0.413 e. The molecule has 1 fully saturated rings. The van der Waals surface area contributed by atoms with Crippen molar-refractivity contribution in [3.8, 4) is 6.07 Å². The fourth-order valence-electron chi connectivity index (χ4n) is 3.06. The number of nitro groups is 1. The van der Waals surface area contributed by atoms with Gasteiger partial charge in [0.05, 0.1) is 17.5 Å². The maximum atomic E-state index is 13.7. The van der Waals surface area contributed by atoms with Crippen LogP contribution in [0.2, 0.25) is 0 Å². The van der Waals surface area contributed by atoms with Crippen molar-refractivity contribution in [1.82, 2.24) is 14.8 Å². The second-order valence-electron chi connectivity index (χ2n) is 7.09. The highest BCUT2D eigenvalue weighted by molar-refractivity contribution is 5.83. The highest BCUT2D eigenvalue weighted by Gasteiger charge is 2.36. The zero-order valence-electron chi connectivity index (χ0n) is 18.0. The van der Waals surface area contributed by atoms with Crippen LogP contribution in [0.3, 0.4) is 0 Å². The molecule has 1 aromatic rings. The normalized spacial score (nSPS) is 18.1. The van der Waals surface area contributed by atoms with Crippen molar-refractivity contribution in [2.24, 2.45) is 0 Å². The quantitative estimate of drug-likeness (QED) is 0.242. The summed E-state index contributed by atoms with van der Waals surface area (Å²) in [5.74, 6) is -1.03. The SMILES string of the molecule is CC(=O)O[C@H](C)OC(=O)N(CCNc1ccc([N+](=O)[O-])cn1)CC(=O)N1C[C@@H](F)C[C@H]1C#N. The molecule has 2 heterocycles. The Morgan fingerprint density at radius 1 is 1.45 bits per heavy atom. The summed E-state index contributed by atoms with van der Waals surface area (Å²) in [4.78, 5) is 52.3. The maximum Gasteiger partial charge on any atom is 0.413 e. The zero-order valence-corrected chi connectivity index (χ0v) is 18.0. The van der Waals surface area contributed by atoms with Gasteiger partial charge in [-0.05, 0) is 6.07 Å². The van der Waals surface area contributed by atoms with E-state index in [4.69, 9.17) is 14.7 Å². The average Bonchev–Trinajstić information content (AvgIpc) is 3.13. The lowest BCUT2D eigenvalue weighted by atomic mass is 10.2. The fraction of sp³-hybridized carbons (Fsp3) is 0.526. The molecule has 0 unspecified atom stereocenters. The first kappa shape index (κ1) is 25.2. The molecule has 2 amide bonds. The Morgan fingerprint density at radius 3 is 2.76 bits per heavy atom. The molecule has 0 saturated carbocycles. The molecule has 3 atom stereocenters. The highest BCUT2D eigenvalue weighted by atomic mass is 19.1. The molecule has 33 heavy (non-hydrogen) atoms. The van der Waals surface area contributed by atoms with Crippen molar-refractivity contribution in [2.75, 3.05) is 31.5 Å². The van der Waals surface area contributed by atoms with E-state index in [2.05, 4.69) is 10.3 Å². The van der Waals surface area contributed by atoms with Crippen LogP contribution in [0.1, 0.15) is 20.3 Å². The van der Waals surface area contributed by atoms with E-state index in [9.17, 15) is 28.9 Å². The third kappa shape index (κ3) is 7.56. The number of likely N-dealkylation sites (tertiary alicyclic amines) is 1. The van der Waals surface area contributed by atoms with Gasteiger partial charge in [0.2, 0.25) is 12.2 Å². The van der Waals surface area contributed by atoms with Crippen molar-refractivity contribution < 1.29 is 33.2 Å². The van der Waals surface area contributed by atoms with Crippen molar-refractivity contribution >= 4 is 29.5 Å². The van der Waals surface area contributed by atoms with Crippen LogP contribution < -0.4 is 5.32 Å². The molecule has 13 nitrogen and oxygen atoms in total. The number of nitrogens with zero attached hydrogens (tertiary/aromatic N) is 5. The van der Waals surface area contributed by atoms with Gasteiger partial charge in [0, 0.05) is 39.4 Å². The molecular formula is C19H23FN6O7. The van der Waals surface area contributed by atoms with Gasteiger partial charge in [-0.15, -0.1) is 0 Å². The van der Waals surface area contributed by atoms with Crippen LogP contribution in [0.5, 0.6) is 0 Å². The van der Waals surface area contributed by atoms with E-state index in [1.807, 2.05) is 6.07 Å². The molecule has 0 aliphatic carbocycles. The molecule has 1 aliphatic rings. The molecular weight excluding hydrogens is 443 g/mol. The molecule has 14 heteroatoms. The number of amides is 2. The number of carbonyl (C=O) groups excluding carboxylic acids is 3. The summed E-state index contributed by atoms with van der Waals surface area (Å²) in [6.45, 7) is 1.68. The Morgan fingerprint density at radius 2 is 2.18 bits per heavy atom. The van der Waals surface area contributed by atoms with Gasteiger partial charge in [0.25, 0.3) is 5.69 Å². The number of esters is 1. The van der Waals surface area contributed by atoms with E-state index in [1.54, 1.807) is 0 Å². The average molecular weight is 466 g/mol. The predicted molar refractivity (Wildman–Crippen MR) is 109 cm³/mol. The van der Waals surface area contributed by atoms with Gasteiger partial charge in [-0.25, -0.2) is 14.2 Å². The van der Waals surface area contributed by atoms with Crippen molar-refractivity contribution in [1.29, 1.82) is 5.26 Å². The van der Waals surface area contributed by atoms with E-state index < -0.39 is 47.9 Å². The zero-order chi connectivity index (χ0) is 24.5. The fourth-order valence-corrected chi connectivity index (χ4v) is 3.06. The van der Waals surface area contributed by atoms with Gasteiger partial charge in [0.1, 0.15) is 30.8 Å². The summed E-state index contributed by atoms with van der Waals surface area (Å²) in [6.07, 6.45) is -2.57. The summed E-state index contributed by atoms with van der Waals surface area (Å²) in [7, 11) is 0. The van der Waals surface area contributed by atoms with E-state index >= 15 is 0 Å². The largest absolute Gasteiger partial charge is 0.426 e. The Labute approximate surface area is 188 Å². The number of alkyl halides is 1. The van der Waals surface area contributed by atoms with Gasteiger partial charge >= 0.3 is 12.1 Å². The summed E-state index contributed by atoms with van der Waals surface area (Å²) in [5, 5.41) is 22.7. The Bertz CT molecular complexity index is 922. The number of halogens is 1. The van der Waals surface area contributed by atoms with Crippen molar-refractivity contribution in [2.45, 2.75) is 38.8 Å². The molecule has 1 N–H and O–H groups in total. The number of pyridine rings is 1. The molecule has 0 aromatic carbocycles. The first-order valence-corrected chi connectivity index (χ1v) is 9.91. The maximum absolute atomic E-state index is 13.7. The number of carbonyl (C=O) groups is 3. The Hall–Kier alpha value is -4.02. The van der Waals surface area contributed by atoms with Gasteiger partial charge in [-0.1, -0.05) is 0 Å². The second kappa shape index (κ2) is 11.6. The van der Waals surface area contributed by atoms with Gasteiger partial charge in [-0.2, -0.15) is 5.26 Å². The number of nitriles is 1. The summed E-state index contributed by atoms with van der Waals surface area (Å²) < 4.78 is 23.4. The van der Waals surface area contributed by atoms with Crippen molar-refractivity contribution in [3.63, 3.8) is 0 Å². The van der Waals surface area contributed by atoms with Crippen LogP contribution in [-0.2, 0) is 19.1 Å². The topological polar surface area (TPSA) is 168 Å². The van der Waals surface area contributed by atoms with Crippen LogP contribution in [0.4, 0.5) is 20.7 Å². The van der Waals surface area contributed by atoms with Crippen LogP contribution >= 0.6 is 0 Å². The third-order valence-corrected chi connectivity index (χ3v) is 4.55. The minimum Gasteiger partial charge on any atom is -0.426 e. The minimum atomic E-state index is -1.34. The summed E-state index contributed by atoms with van der Waals surface area (Å²) >= 11 is 0. The van der Waals surface area contributed by atoms with Crippen LogP contribution in [0.25, 0.3) is 0 Å². The molecule has 0 radical (unpaired) electrons. The first-order valence-electron chi connectivity index (χ1n) is 9.91. The summed E-state index contributed by atoms with van der Waals surface area (Å²) in [5.41, 5.74) is -0.195. The predicted octanol–water partition coefficient (Wildman–Crippen LogP) is 1.21. The van der Waals surface area contributed by atoms with Gasteiger partial charge < -0.3 is 19.7 Å². The van der Waals surface area contributed by atoms with E-state index in [1.165, 1.54) is 19.1 Å². The molecule has 1 aromatic heterocycles. The van der Waals surface area contributed by atoms with Gasteiger partial charge in [-0.3, -0.25) is 24.6 Å². The van der Waals surface area contributed by atoms with Crippen LogP contribution in [-0.4, -0.2) is 82.4 Å². The molecule has 0 bridgehead atoms. The first-order chi connectivity index (χ1) is 15.6. The lowest BCUT2D eigenvalue weighted by Gasteiger charge is -2.27. The molecule has 178 valence electrons. The number of ether oxygens (including phenoxy) is 2. The second-order valence-corrected chi connectivity index (χ2v) is 7.09. The number of aromatic nitrogens is 1. The third-order valence-electron chi connectivity index (χ3n) is 4.55. The number of rotatable bonds is 9. The summed E-state index contributed by atoms with van der Waals surface area (Å²) in [6, 6.07) is 3.54.